The molecule has 0 spiro atoms. The number of nitrogen functional groups attached to an aromatic ring is 1. The Morgan fingerprint density at radius 2 is 2.36 bits per heavy atom. The van der Waals surface area contributed by atoms with Crippen molar-refractivity contribution >= 4 is 22.6 Å². The summed E-state index contributed by atoms with van der Waals surface area (Å²) in [5.74, 6) is 3.33. The highest BCUT2D eigenvalue weighted by Crippen LogP contribution is 2.54. The summed E-state index contributed by atoms with van der Waals surface area (Å²) in [6.45, 7) is 1.05. The van der Waals surface area contributed by atoms with Gasteiger partial charge in [-0.05, 0) is 37.0 Å². The molecule has 3 rings (SSSR count). The zero-order chi connectivity index (χ0) is 9.54. The van der Waals surface area contributed by atoms with E-state index in [0.717, 1.165) is 29.4 Å². The predicted octanol–water partition coefficient (Wildman–Crippen LogP) is 1.58. The summed E-state index contributed by atoms with van der Waals surface area (Å²) in [7, 11) is 0. The minimum Gasteiger partial charge on any atom is -0.367 e. The number of aromatic nitrogens is 2. The second-order valence-corrected chi connectivity index (χ2v) is 5.09. The average molecular weight is 210 g/mol. The monoisotopic (exact) mass is 210 g/mol. The van der Waals surface area contributed by atoms with Gasteiger partial charge < -0.3 is 11.1 Å². The highest BCUT2D eigenvalue weighted by atomic mass is 32.1. The zero-order valence-corrected chi connectivity index (χ0v) is 8.76. The Bertz CT molecular complexity index is 333. The molecule has 1 aromatic rings. The van der Waals surface area contributed by atoms with Crippen LogP contribution < -0.4 is 11.1 Å². The Kier molecular flexibility index (Phi) is 1.87. The molecule has 5 heteroatoms. The summed E-state index contributed by atoms with van der Waals surface area (Å²) >= 11 is 1.35. The predicted molar refractivity (Wildman–Crippen MR) is 57.1 cm³/mol. The van der Waals surface area contributed by atoms with Crippen molar-refractivity contribution in [3.8, 4) is 0 Å². The van der Waals surface area contributed by atoms with Crippen molar-refractivity contribution in [3.05, 3.63) is 0 Å². The number of rotatable bonds is 4. The molecule has 0 radical (unpaired) electrons. The van der Waals surface area contributed by atoms with Crippen LogP contribution in [0.25, 0.3) is 0 Å². The number of nitrogens with zero attached hydrogens (tertiary/aromatic N) is 2. The molecule has 3 N–H and O–H groups in total. The normalized spacial score (nSPS) is 30.3. The lowest BCUT2D eigenvalue weighted by atomic mass is 10.2. The van der Waals surface area contributed by atoms with Gasteiger partial charge in [0.25, 0.3) is 0 Å². The Balaban J connectivity index is 1.46. The zero-order valence-electron chi connectivity index (χ0n) is 7.94. The van der Waals surface area contributed by atoms with Crippen molar-refractivity contribution in [1.82, 2.24) is 9.36 Å². The van der Waals surface area contributed by atoms with Crippen molar-refractivity contribution in [2.45, 2.75) is 19.3 Å². The first-order valence-electron chi connectivity index (χ1n) is 5.16. The van der Waals surface area contributed by atoms with Crippen LogP contribution in [0.1, 0.15) is 19.3 Å². The fourth-order valence-corrected chi connectivity index (χ4v) is 2.64. The van der Waals surface area contributed by atoms with E-state index in [2.05, 4.69) is 14.7 Å². The topological polar surface area (TPSA) is 63.8 Å². The Labute approximate surface area is 87.1 Å². The first-order valence-corrected chi connectivity index (χ1v) is 5.93. The third kappa shape index (κ3) is 1.68. The highest BCUT2D eigenvalue weighted by Gasteiger charge is 2.46. The van der Waals surface area contributed by atoms with E-state index >= 15 is 0 Å². The second-order valence-electron chi connectivity index (χ2n) is 4.34. The lowest BCUT2D eigenvalue weighted by Gasteiger charge is -1.99. The molecule has 1 aromatic heterocycles. The van der Waals surface area contributed by atoms with Crippen molar-refractivity contribution in [2.24, 2.45) is 17.8 Å². The molecule has 76 valence electrons. The van der Waals surface area contributed by atoms with Gasteiger partial charge in [-0.2, -0.15) is 9.36 Å². The summed E-state index contributed by atoms with van der Waals surface area (Å²) in [6, 6.07) is 0. The van der Waals surface area contributed by atoms with E-state index in [1.54, 1.807) is 0 Å². The third-order valence-corrected chi connectivity index (χ3v) is 3.85. The van der Waals surface area contributed by atoms with Gasteiger partial charge in [0.05, 0.1) is 0 Å². The van der Waals surface area contributed by atoms with Gasteiger partial charge in [-0.25, -0.2) is 0 Å². The molecule has 2 saturated carbocycles. The van der Waals surface area contributed by atoms with Crippen LogP contribution in [0.4, 0.5) is 11.1 Å². The van der Waals surface area contributed by atoms with Crippen molar-refractivity contribution in [2.75, 3.05) is 17.6 Å². The van der Waals surface area contributed by atoms with Gasteiger partial charge in [0.2, 0.25) is 11.1 Å². The summed E-state index contributed by atoms with van der Waals surface area (Å²) in [6.07, 6.45) is 4.34. The van der Waals surface area contributed by atoms with E-state index in [-0.39, 0.29) is 0 Å². The maximum atomic E-state index is 5.43. The molecule has 2 aliphatic rings. The van der Waals surface area contributed by atoms with Crippen molar-refractivity contribution < 1.29 is 0 Å². The van der Waals surface area contributed by atoms with Crippen molar-refractivity contribution in [1.29, 1.82) is 0 Å². The molecule has 0 aromatic carbocycles. The quantitative estimate of drug-likeness (QED) is 0.792. The van der Waals surface area contributed by atoms with Crippen LogP contribution in [0, 0.1) is 17.8 Å². The van der Waals surface area contributed by atoms with Crippen LogP contribution in [-0.4, -0.2) is 15.9 Å². The van der Waals surface area contributed by atoms with Crippen LogP contribution in [0.2, 0.25) is 0 Å². The van der Waals surface area contributed by atoms with Crippen molar-refractivity contribution in [3.63, 3.8) is 0 Å². The molecule has 2 aliphatic carbocycles. The van der Waals surface area contributed by atoms with Crippen LogP contribution in [-0.2, 0) is 0 Å². The van der Waals surface area contributed by atoms with Crippen LogP contribution in [0.5, 0.6) is 0 Å². The van der Waals surface area contributed by atoms with E-state index in [4.69, 9.17) is 5.73 Å². The first-order chi connectivity index (χ1) is 6.83. The maximum absolute atomic E-state index is 5.43. The van der Waals surface area contributed by atoms with E-state index < -0.39 is 0 Å². The summed E-state index contributed by atoms with van der Waals surface area (Å²) in [5.41, 5.74) is 5.43. The molecule has 4 nitrogen and oxygen atoms in total. The number of hydrogen-bond acceptors (Lipinski definition) is 5. The molecule has 2 fully saturated rings. The Morgan fingerprint density at radius 3 is 3.00 bits per heavy atom. The SMILES string of the molecule is Nc1nsc(NCC2CC2C2CC2)n1. The van der Waals surface area contributed by atoms with Gasteiger partial charge in [-0.15, -0.1) is 0 Å². The molecule has 2 unspecified atom stereocenters. The maximum Gasteiger partial charge on any atom is 0.233 e. The van der Waals surface area contributed by atoms with Crippen LogP contribution >= 0.6 is 11.5 Å². The second kappa shape index (κ2) is 3.08. The molecule has 0 bridgehead atoms. The Morgan fingerprint density at radius 1 is 1.50 bits per heavy atom. The highest BCUT2D eigenvalue weighted by molar-refractivity contribution is 7.09. The van der Waals surface area contributed by atoms with E-state index in [9.17, 15) is 0 Å². The number of hydrogen-bond donors (Lipinski definition) is 2. The fourth-order valence-electron chi connectivity index (χ4n) is 2.13. The molecular weight excluding hydrogens is 196 g/mol. The standard InChI is InChI=1S/C9H14N4S/c10-8-12-9(14-13-8)11-4-6-3-7(6)5-1-2-5/h5-7H,1-4H2,(H3,10,11,12,13). The summed E-state index contributed by atoms with van der Waals surface area (Å²) in [5, 5.41) is 4.17. The van der Waals surface area contributed by atoms with Gasteiger partial charge in [-0.3, -0.25) is 0 Å². The summed E-state index contributed by atoms with van der Waals surface area (Å²) in [4.78, 5) is 4.07. The minimum atomic E-state index is 0.382. The third-order valence-electron chi connectivity index (χ3n) is 3.16. The molecular formula is C9H14N4S. The van der Waals surface area contributed by atoms with Gasteiger partial charge in [0.1, 0.15) is 0 Å². The van der Waals surface area contributed by atoms with Gasteiger partial charge in [0.15, 0.2) is 0 Å². The first kappa shape index (κ1) is 8.47. The summed E-state index contributed by atoms with van der Waals surface area (Å²) < 4.78 is 3.93. The van der Waals surface area contributed by atoms with E-state index in [0.29, 0.717) is 5.95 Å². The lowest BCUT2D eigenvalue weighted by Crippen LogP contribution is -2.05. The average Bonchev–Trinajstić information content (AvgIpc) is 3.03. The smallest absolute Gasteiger partial charge is 0.233 e. The van der Waals surface area contributed by atoms with Crippen LogP contribution in [0.15, 0.2) is 0 Å². The lowest BCUT2D eigenvalue weighted by molar-refractivity contribution is 0.643. The molecule has 2 atom stereocenters. The fraction of sp³-hybridized carbons (Fsp3) is 0.778. The van der Waals surface area contributed by atoms with E-state index in [1.165, 1.54) is 30.8 Å². The number of nitrogens with one attached hydrogen (secondary N) is 1. The van der Waals surface area contributed by atoms with E-state index in [1.807, 2.05) is 0 Å². The largest absolute Gasteiger partial charge is 0.367 e. The molecule has 0 saturated heterocycles. The minimum absolute atomic E-state index is 0.382. The molecule has 14 heavy (non-hydrogen) atoms. The Hall–Kier alpha value is -0.840. The number of anilines is 2. The molecule has 0 aliphatic heterocycles. The van der Waals surface area contributed by atoms with Crippen LogP contribution in [0.3, 0.4) is 0 Å². The van der Waals surface area contributed by atoms with Gasteiger partial charge in [-0.1, -0.05) is 0 Å². The molecule has 1 heterocycles. The molecule has 0 amide bonds. The number of nitrogens with two attached hydrogens (primary N) is 1. The van der Waals surface area contributed by atoms with Gasteiger partial charge in [0, 0.05) is 18.1 Å². The van der Waals surface area contributed by atoms with Gasteiger partial charge >= 0.3 is 0 Å².